The smallest absolute Gasteiger partial charge is 0.253 e. The average molecular weight is 222 g/mol. The Morgan fingerprint density at radius 1 is 1.56 bits per heavy atom. The third kappa shape index (κ3) is 1.87. The van der Waals surface area contributed by atoms with Gasteiger partial charge in [-0.05, 0) is 12.1 Å². The third-order valence-electron chi connectivity index (χ3n) is 2.46. The number of anilines is 2. The van der Waals surface area contributed by atoms with Crippen LogP contribution in [0.15, 0.2) is 18.2 Å². The molecule has 0 radical (unpaired) electrons. The summed E-state index contributed by atoms with van der Waals surface area (Å²) in [6.07, 6.45) is 0. The first kappa shape index (κ1) is 10.6. The predicted molar refractivity (Wildman–Crippen MR) is 60.9 cm³/mol. The topological polar surface area (TPSA) is 93.6 Å². The van der Waals surface area contributed by atoms with Crippen molar-refractivity contribution in [3.8, 4) is 5.75 Å². The van der Waals surface area contributed by atoms with Gasteiger partial charge in [-0.1, -0.05) is 6.07 Å². The zero-order valence-electron chi connectivity index (χ0n) is 8.77. The first-order chi connectivity index (χ1) is 7.72. The molecule has 0 aromatic heterocycles. The number of para-hydroxylation sites is 1. The number of nitrogens with one attached hydrogen (secondary N) is 1. The van der Waals surface area contributed by atoms with Crippen LogP contribution in [0.5, 0.6) is 5.75 Å². The highest BCUT2D eigenvalue weighted by Gasteiger charge is 2.21. The van der Waals surface area contributed by atoms with E-state index >= 15 is 0 Å². The molecule has 1 amide bonds. The van der Waals surface area contributed by atoms with Gasteiger partial charge in [0.2, 0.25) is 0 Å². The lowest BCUT2D eigenvalue weighted by atomic mass is 10.2. The highest BCUT2D eigenvalue weighted by Crippen LogP contribution is 2.36. The van der Waals surface area contributed by atoms with Crippen molar-refractivity contribution in [3.63, 3.8) is 0 Å². The molecule has 1 aliphatic rings. The van der Waals surface area contributed by atoms with E-state index in [1.54, 1.807) is 6.07 Å². The molecule has 0 saturated carbocycles. The van der Waals surface area contributed by atoms with Crippen LogP contribution in [0.4, 0.5) is 11.4 Å². The van der Waals surface area contributed by atoms with Crippen molar-refractivity contribution in [2.24, 2.45) is 5.84 Å². The van der Waals surface area contributed by atoms with Gasteiger partial charge in [-0.15, -0.1) is 0 Å². The molecule has 16 heavy (non-hydrogen) atoms. The van der Waals surface area contributed by atoms with Crippen molar-refractivity contribution in [2.75, 3.05) is 30.3 Å². The van der Waals surface area contributed by atoms with Gasteiger partial charge in [-0.3, -0.25) is 10.2 Å². The van der Waals surface area contributed by atoms with Gasteiger partial charge < -0.3 is 15.4 Å². The molecule has 1 aromatic rings. The number of hydrogen-bond donors (Lipinski definition) is 3. The molecule has 0 saturated heterocycles. The molecule has 1 aromatic carbocycles. The Labute approximate surface area is 93.1 Å². The largest absolute Gasteiger partial charge is 0.489 e. The fourth-order valence-electron chi connectivity index (χ4n) is 1.75. The summed E-state index contributed by atoms with van der Waals surface area (Å²) in [5.41, 5.74) is 9.33. The monoisotopic (exact) mass is 222 g/mol. The average Bonchev–Trinajstić information content (AvgIpc) is 2.29. The summed E-state index contributed by atoms with van der Waals surface area (Å²) in [5.74, 6) is 5.51. The van der Waals surface area contributed by atoms with Gasteiger partial charge in [0.25, 0.3) is 5.91 Å². The van der Waals surface area contributed by atoms with Gasteiger partial charge in [0.1, 0.15) is 18.0 Å². The van der Waals surface area contributed by atoms with E-state index in [9.17, 15) is 4.79 Å². The van der Waals surface area contributed by atoms with Gasteiger partial charge >= 0.3 is 0 Å². The lowest BCUT2D eigenvalue weighted by Gasteiger charge is -2.31. The Hall–Kier alpha value is -1.95. The summed E-state index contributed by atoms with van der Waals surface area (Å²) in [5, 5.41) is 0. The number of nitrogens with two attached hydrogens (primary N) is 2. The highest BCUT2D eigenvalue weighted by molar-refractivity contribution is 5.84. The number of nitrogen functional groups attached to an aromatic ring is 1. The maximum atomic E-state index is 11.2. The van der Waals surface area contributed by atoms with Crippen LogP contribution in [0, 0.1) is 0 Å². The zero-order chi connectivity index (χ0) is 11.5. The number of amides is 1. The molecule has 0 spiro atoms. The van der Waals surface area contributed by atoms with Gasteiger partial charge in [0.05, 0.1) is 18.8 Å². The second kappa shape index (κ2) is 4.28. The molecule has 2 rings (SSSR count). The molecule has 6 heteroatoms. The number of carbonyl (C=O) groups excluding carboxylic acids is 1. The minimum absolute atomic E-state index is 0.182. The van der Waals surface area contributed by atoms with E-state index in [4.69, 9.17) is 16.3 Å². The van der Waals surface area contributed by atoms with E-state index in [-0.39, 0.29) is 12.5 Å². The molecule has 0 fully saturated rings. The molecule has 0 aliphatic carbocycles. The molecule has 6 nitrogen and oxygen atoms in total. The van der Waals surface area contributed by atoms with Crippen molar-refractivity contribution in [3.05, 3.63) is 18.2 Å². The second-order valence-corrected chi connectivity index (χ2v) is 3.53. The van der Waals surface area contributed by atoms with Gasteiger partial charge in [0, 0.05) is 0 Å². The van der Waals surface area contributed by atoms with Crippen molar-refractivity contribution >= 4 is 17.3 Å². The number of hydrazine groups is 1. The normalized spacial score (nSPS) is 13.9. The first-order valence-corrected chi connectivity index (χ1v) is 4.98. The van der Waals surface area contributed by atoms with Crippen LogP contribution in [0.25, 0.3) is 0 Å². The van der Waals surface area contributed by atoms with E-state index in [0.29, 0.717) is 24.6 Å². The van der Waals surface area contributed by atoms with Gasteiger partial charge in [-0.25, -0.2) is 5.84 Å². The number of rotatable bonds is 2. The number of benzene rings is 1. The standard InChI is InChI=1S/C10H14N4O2/c11-7-2-1-3-8-10(7)14(4-5-16-8)6-9(15)13-12/h1-3H,4-6,11-12H2,(H,13,15). The molecule has 1 heterocycles. The summed E-state index contributed by atoms with van der Waals surface area (Å²) >= 11 is 0. The fourth-order valence-corrected chi connectivity index (χ4v) is 1.75. The summed E-state index contributed by atoms with van der Waals surface area (Å²) in [6.45, 7) is 1.34. The van der Waals surface area contributed by atoms with Crippen LogP contribution in [-0.2, 0) is 4.79 Å². The second-order valence-electron chi connectivity index (χ2n) is 3.53. The van der Waals surface area contributed by atoms with Gasteiger partial charge in [0.15, 0.2) is 0 Å². The zero-order valence-corrected chi connectivity index (χ0v) is 8.77. The lowest BCUT2D eigenvalue weighted by molar-refractivity contribution is -0.119. The summed E-state index contributed by atoms with van der Waals surface area (Å²) in [6, 6.07) is 5.43. The summed E-state index contributed by atoms with van der Waals surface area (Å²) in [4.78, 5) is 13.1. The summed E-state index contributed by atoms with van der Waals surface area (Å²) in [7, 11) is 0. The van der Waals surface area contributed by atoms with Crippen LogP contribution in [0.3, 0.4) is 0 Å². The van der Waals surface area contributed by atoms with Crippen LogP contribution in [-0.4, -0.2) is 25.6 Å². The number of hydrogen-bond acceptors (Lipinski definition) is 5. The third-order valence-corrected chi connectivity index (χ3v) is 2.46. The lowest BCUT2D eigenvalue weighted by Crippen LogP contribution is -2.43. The Bertz CT molecular complexity index is 408. The van der Waals surface area contributed by atoms with E-state index in [1.165, 1.54) is 0 Å². The van der Waals surface area contributed by atoms with Crippen molar-refractivity contribution < 1.29 is 9.53 Å². The minimum atomic E-state index is -0.254. The van der Waals surface area contributed by atoms with E-state index < -0.39 is 0 Å². The van der Waals surface area contributed by atoms with Crippen molar-refractivity contribution in [2.45, 2.75) is 0 Å². The number of fused-ring (bicyclic) bond motifs is 1. The molecule has 86 valence electrons. The van der Waals surface area contributed by atoms with E-state index in [2.05, 4.69) is 5.43 Å². The Balaban J connectivity index is 2.28. The summed E-state index contributed by atoms with van der Waals surface area (Å²) < 4.78 is 5.47. The molecule has 0 bridgehead atoms. The predicted octanol–water partition coefficient (Wildman–Crippen LogP) is -0.542. The molecule has 1 aliphatic heterocycles. The maximum absolute atomic E-state index is 11.2. The number of nitrogens with zero attached hydrogens (tertiary/aromatic N) is 1. The Morgan fingerprint density at radius 2 is 2.38 bits per heavy atom. The Morgan fingerprint density at radius 3 is 3.12 bits per heavy atom. The molecular weight excluding hydrogens is 208 g/mol. The van der Waals surface area contributed by atoms with Crippen LogP contribution in [0.2, 0.25) is 0 Å². The number of ether oxygens (including phenoxy) is 1. The molecule has 0 atom stereocenters. The minimum Gasteiger partial charge on any atom is -0.489 e. The van der Waals surface area contributed by atoms with Crippen LogP contribution < -0.4 is 26.6 Å². The maximum Gasteiger partial charge on any atom is 0.253 e. The molecule has 0 unspecified atom stereocenters. The molecule has 5 N–H and O–H groups in total. The molecular formula is C10H14N4O2. The SMILES string of the molecule is NNC(=O)CN1CCOc2cccc(N)c21. The number of carbonyl (C=O) groups is 1. The van der Waals surface area contributed by atoms with Crippen molar-refractivity contribution in [1.82, 2.24) is 5.43 Å². The van der Waals surface area contributed by atoms with Gasteiger partial charge in [-0.2, -0.15) is 0 Å². The first-order valence-electron chi connectivity index (χ1n) is 4.98. The quantitative estimate of drug-likeness (QED) is 0.270. The Kier molecular flexibility index (Phi) is 2.82. The van der Waals surface area contributed by atoms with E-state index in [0.717, 1.165) is 5.69 Å². The highest BCUT2D eigenvalue weighted by atomic mass is 16.5. The van der Waals surface area contributed by atoms with Crippen molar-refractivity contribution in [1.29, 1.82) is 0 Å². The van der Waals surface area contributed by atoms with Crippen LogP contribution in [0.1, 0.15) is 0 Å². The van der Waals surface area contributed by atoms with Crippen LogP contribution >= 0.6 is 0 Å². The fraction of sp³-hybridized carbons (Fsp3) is 0.300. The van der Waals surface area contributed by atoms with E-state index in [1.807, 2.05) is 17.0 Å².